The van der Waals surface area contributed by atoms with Crippen LogP contribution in [-0.4, -0.2) is 22.9 Å². The van der Waals surface area contributed by atoms with Gasteiger partial charge in [-0.2, -0.15) is 0 Å². The van der Waals surface area contributed by atoms with E-state index in [0.29, 0.717) is 0 Å². The molecule has 5 heteroatoms. The van der Waals surface area contributed by atoms with Crippen molar-refractivity contribution in [2.24, 2.45) is 0 Å². The van der Waals surface area contributed by atoms with Crippen molar-refractivity contribution in [3.05, 3.63) is 109 Å². The SMILES string of the molecule is CC1(C)OB(c2ccc3oc4ccc(-c5ccccc5-n5c6ccccc6c6ccccc65)cc4c3c2)OC1(C)C. The molecule has 2 aromatic heterocycles. The Hall–Kier alpha value is -4.32. The summed E-state index contributed by atoms with van der Waals surface area (Å²) in [5, 5.41) is 4.64. The zero-order valence-corrected chi connectivity index (χ0v) is 23.6. The average Bonchev–Trinajstić information content (AvgIpc) is 3.58. The van der Waals surface area contributed by atoms with Gasteiger partial charge in [-0.1, -0.05) is 72.8 Å². The molecule has 1 aliphatic heterocycles. The second-order valence-electron chi connectivity index (χ2n) is 12.0. The predicted molar refractivity (Wildman–Crippen MR) is 169 cm³/mol. The van der Waals surface area contributed by atoms with Crippen LogP contribution in [0.4, 0.5) is 0 Å². The summed E-state index contributed by atoms with van der Waals surface area (Å²) in [5.41, 5.74) is 7.77. The molecule has 0 spiro atoms. The fourth-order valence-electron chi connectivity index (χ4n) is 6.18. The molecule has 0 bridgehead atoms. The summed E-state index contributed by atoms with van der Waals surface area (Å²) in [6.45, 7) is 8.33. The van der Waals surface area contributed by atoms with Crippen LogP contribution in [0.5, 0.6) is 0 Å². The van der Waals surface area contributed by atoms with E-state index in [1.165, 1.54) is 21.8 Å². The number of hydrogen-bond acceptors (Lipinski definition) is 3. The fourth-order valence-corrected chi connectivity index (χ4v) is 6.18. The van der Waals surface area contributed by atoms with Crippen molar-refractivity contribution in [3.63, 3.8) is 0 Å². The minimum absolute atomic E-state index is 0.394. The molecule has 0 atom stereocenters. The van der Waals surface area contributed by atoms with Crippen molar-refractivity contribution >= 4 is 56.3 Å². The maximum absolute atomic E-state index is 6.35. The van der Waals surface area contributed by atoms with Gasteiger partial charge in [-0.05, 0) is 75.1 Å². The zero-order valence-electron chi connectivity index (χ0n) is 23.6. The molecule has 0 saturated carbocycles. The number of aromatic nitrogens is 1. The molecule has 0 unspecified atom stereocenters. The van der Waals surface area contributed by atoms with Gasteiger partial charge in [0.15, 0.2) is 0 Å². The zero-order chi connectivity index (χ0) is 27.9. The minimum Gasteiger partial charge on any atom is -0.456 e. The van der Waals surface area contributed by atoms with Crippen LogP contribution in [0.1, 0.15) is 27.7 Å². The van der Waals surface area contributed by atoms with Crippen molar-refractivity contribution in [1.29, 1.82) is 0 Å². The molecule has 0 aliphatic carbocycles. The molecule has 0 radical (unpaired) electrons. The lowest BCUT2D eigenvalue weighted by molar-refractivity contribution is 0.00578. The Labute approximate surface area is 239 Å². The van der Waals surface area contributed by atoms with E-state index in [9.17, 15) is 0 Å². The summed E-state index contributed by atoms with van der Waals surface area (Å²) >= 11 is 0. The number of furan rings is 1. The molecule has 4 nitrogen and oxygen atoms in total. The Kier molecular flexibility index (Phi) is 5.13. The summed E-state index contributed by atoms with van der Waals surface area (Å²) in [6, 6.07) is 38.6. The quantitative estimate of drug-likeness (QED) is 0.213. The third kappa shape index (κ3) is 3.63. The van der Waals surface area contributed by atoms with Gasteiger partial charge in [0.2, 0.25) is 0 Å². The predicted octanol–water partition coefficient (Wildman–Crippen LogP) is 8.65. The molecular weight excluding hydrogens is 505 g/mol. The highest BCUT2D eigenvalue weighted by Gasteiger charge is 2.51. The first-order valence-corrected chi connectivity index (χ1v) is 14.2. The summed E-state index contributed by atoms with van der Waals surface area (Å²) in [5.74, 6) is 0. The summed E-state index contributed by atoms with van der Waals surface area (Å²) in [4.78, 5) is 0. The number of fused-ring (bicyclic) bond motifs is 6. The standard InChI is InChI=1S/C36H30BNO3/c1-35(2)36(3,4)41-37(40-35)24-18-20-34-29(22-24)28-21-23(17-19-33(28)39-34)25-11-5-8-14-30(25)38-31-15-9-6-12-26(31)27-13-7-10-16-32(27)38/h5-22H,1-4H3. The topological polar surface area (TPSA) is 36.5 Å². The van der Waals surface area contributed by atoms with Gasteiger partial charge in [-0.25, -0.2) is 0 Å². The molecular formula is C36H30BNO3. The van der Waals surface area contributed by atoms with Gasteiger partial charge >= 0.3 is 7.12 Å². The van der Waals surface area contributed by atoms with Crippen molar-refractivity contribution in [2.75, 3.05) is 0 Å². The van der Waals surface area contributed by atoms with E-state index >= 15 is 0 Å². The summed E-state index contributed by atoms with van der Waals surface area (Å²) in [6.07, 6.45) is 0. The first-order valence-electron chi connectivity index (χ1n) is 14.2. The molecule has 1 saturated heterocycles. The lowest BCUT2D eigenvalue weighted by atomic mass is 9.78. The van der Waals surface area contributed by atoms with Crippen LogP contribution in [-0.2, 0) is 9.31 Å². The van der Waals surface area contributed by atoms with Crippen molar-refractivity contribution in [2.45, 2.75) is 38.9 Å². The molecule has 200 valence electrons. The van der Waals surface area contributed by atoms with Crippen LogP contribution in [0.15, 0.2) is 114 Å². The van der Waals surface area contributed by atoms with E-state index in [4.69, 9.17) is 13.7 Å². The molecule has 0 N–H and O–H groups in total. The second-order valence-corrected chi connectivity index (χ2v) is 12.0. The van der Waals surface area contributed by atoms with Crippen molar-refractivity contribution < 1.29 is 13.7 Å². The van der Waals surface area contributed by atoms with Gasteiger partial charge in [0.05, 0.1) is 27.9 Å². The van der Waals surface area contributed by atoms with Gasteiger partial charge in [-0.3, -0.25) is 0 Å². The normalized spacial score (nSPS) is 16.4. The second kappa shape index (κ2) is 8.59. The van der Waals surface area contributed by atoms with E-state index in [0.717, 1.165) is 44.2 Å². The number of rotatable bonds is 3. The first-order chi connectivity index (χ1) is 19.8. The van der Waals surface area contributed by atoms with Crippen LogP contribution in [0.25, 0.3) is 60.6 Å². The van der Waals surface area contributed by atoms with Crippen LogP contribution < -0.4 is 5.46 Å². The third-order valence-corrected chi connectivity index (χ3v) is 9.05. The van der Waals surface area contributed by atoms with Gasteiger partial charge in [0, 0.05) is 27.1 Å². The summed E-state index contributed by atoms with van der Waals surface area (Å²) < 4.78 is 21.4. The number of para-hydroxylation sites is 3. The van der Waals surface area contributed by atoms with Crippen LogP contribution in [0.2, 0.25) is 0 Å². The Morgan fingerprint density at radius 2 is 1.12 bits per heavy atom. The van der Waals surface area contributed by atoms with E-state index in [1.807, 2.05) is 12.1 Å². The van der Waals surface area contributed by atoms with E-state index in [1.54, 1.807) is 0 Å². The molecule has 5 aromatic carbocycles. The maximum Gasteiger partial charge on any atom is 0.494 e. The molecule has 3 heterocycles. The molecule has 7 aromatic rings. The van der Waals surface area contributed by atoms with Crippen LogP contribution in [0.3, 0.4) is 0 Å². The van der Waals surface area contributed by atoms with Crippen LogP contribution >= 0.6 is 0 Å². The fraction of sp³-hybridized carbons (Fsp3) is 0.167. The van der Waals surface area contributed by atoms with Crippen LogP contribution in [0, 0.1) is 0 Å². The summed E-state index contributed by atoms with van der Waals surface area (Å²) in [7, 11) is -0.423. The highest BCUT2D eigenvalue weighted by molar-refractivity contribution is 6.62. The Bertz CT molecular complexity index is 2060. The highest BCUT2D eigenvalue weighted by Crippen LogP contribution is 2.39. The molecule has 0 amide bonds. The molecule has 8 rings (SSSR count). The Morgan fingerprint density at radius 1 is 0.561 bits per heavy atom. The van der Waals surface area contributed by atoms with Gasteiger partial charge in [-0.15, -0.1) is 0 Å². The van der Waals surface area contributed by atoms with E-state index < -0.39 is 18.3 Å². The molecule has 1 aliphatic rings. The third-order valence-electron chi connectivity index (χ3n) is 9.05. The lowest BCUT2D eigenvalue weighted by Crippen LogP contribution is -2.41. The van der Waals surface area contributed by atoms with Gasteiger partial charge < -0.3 is 18.3 Å². The average molecular weight is 535 g/mol. The van der Waals surface area contributed by atoms with Gasteiger partial charge in [0.25, 0.3) is 0 Å². The Balaban J connectivity index is 1.30. The van der Waals surface area contributed by atoms with E-state index in [-0.39, 0.29) is 0 Å². The monoisotopic (exact) mass is 535 g/mol. The number of nitrogens with zero attached hydrogens (tertiary/aromatic N) is 1. The lowest BCUT2D eigenvalue weighted by Gasteiger charge is -2.32. The number of hydrogen-bond donors (Lipinski definition) is 0. The first kappa shape index (κ1) is 24.5. The largest absolute Gasteiger partial charge is 0.494 e. The highest BCUT2D eigenvalue weighted by atomic mass is 16.7. The van der Waals surface area contributed by atoms with Crippen molar-refractivity contribution in [1.82, 2.24) is 4.57 Å². The number of benzene rings is 5. The van der Waals surface area contributed by atoms with E-state index in [2.05, 4.69) is 129 Å². The smallest absolute Gasteiger partial charge is 0.456 e. The minimum atomic E-state index is -0.423. The maximum atomic E-state index is 6.35. The van der Waals surface area contributed by atoms with Crippen molar-refractivity contribution in [3.8, 4) is 16.8 Å². The molecule has 41 heavy (non-hydrogen) atoms. The Morgan fingerprint density at radius 3 is 1.80 bits per heavy atom. The van der Waals surface area contributed by atoms with Gasteiger partial charge in [0.1, 0.15) is 11.2 Å². The molecule has 1 fully saturated rings.